The Balaban J connectivity index is 2.17. The Morgan fingerprint density at radius 2 is 2.05 bits per heavy atom. The molecular formula is C17H26O2. The van der Waals surface area contributed by atoms with Crippen molar-refractivity contribution in [1.29, 1.82) is 0 Å². The van der Waals surface area contributed by atoms with Crippen LogP contribution in [0.15, 0.2) is 24.3 Å². The van der Waals surface area contributed by atoms with Gasteiger partial charge >= 0.3 is 0 Å². The lowest BCUT2D eigenvalue weighted by molar-refractivity contribution is 0.0529. The molecule has 2 unspecified atom stereocenters. The maximum Gasteiger partial charge on any atom is 0.120 e. The van der Waals surface area contributed by atoms with Gasteiger partial charge in [0.2, 0.25) is 0 Å². The van der Waals surface area contributed by atoms with Gasteiger partial charge < -0.3 is 9.84 Å². The number of hydrogen-bond acceptors (Lipinski definition) is 2. The molecule has 0 amide bonds. The Bertz CT molecular complexity index is 423. The third-order valence-electron chi connectivity index (χ3n) is 4.29. The summed E-state index contributed by atoms with van der Waals surface area (Å²) in [5.74, 6) is 1.20. The third-order valence-corrected chi connectivity index (χ3v) is 4.29. The molecule has 1 saturated carbocycles. The van der Waals surface area contributed by atoms with Crippen LogP contribution in [-0.4, -0.2) is 11.2 Å². The zero-order valence-electron chi connectivity index (χ0n) is 12.5. The average molecular weight is 262 g/mol. The highest BCUT2D eigenvalue weighted by molar-refractivity contribution is 5.30. The summed E-state index contributed by atoms with van der Waals surface area (Å²) < 4.78 is 5.71. The van der Waals surface area contributed by atoms with Crippen molar-refractivity contribution in [2.75, 3.05) is 0 Å². The Hall–Kier alpha value is -1.02. The van der Waals surface area contributed by atoms with Gasteiger partial charge in [0.1, 0.15) is 5.75 Å². The monoisotopic (exact) mass is 262 g/mol. The normalized spacial score (nSPS) is 23.6. The number of rotatable bonds is 4. The quantitative estimate of drug-likeness (QED) is 0.875. The summed E-state index contributed by atoms with van der Waals surface area (Å²) in [7, 11) is 0. The zero-order valence-corrected chi connectivity index (χ0v) is 12.5. The number of benzene rings is 1. The first kappa shape index (κ1) is 14.4. The molecule has 1 aliphatic carbocycles. The topological polar surface area (TPSA) is 29.5 Å². The predicted octanol–water partition coefficient (Wildman–Crippen LogP) is 4.33. The summed E-state index contributed by atoms with van der Waals surface area (Å²) in [6, 6.07) is 7.92. The Morgan fingerprint density at radius 1 is 1.32 bits per heavy atom. The summed E-state index contributed by atoms with van der Waals surface area (Å²) in [4.78, 5) is 0. The maximum atomic E-state index is 10.7. The molecule has 0 spiro atoms. The van der Waals surface area contributed by atoms with Crippen molar-refractivity contribution in [1.82, 2.24) is 0 Å². The first-order valence-corrected chi connectivity index (χ1v) is 7.35. The van der Waals surface area contributed by atoms with Crippen LogP contribution in [0, 0.1) is 11.3 Å². The first-order chi connectivity index (χ1) is 8.90. The Morgan fingerprint density at radius 3 is 2.63 bits per heavy atom. The lowest BCUT2D eigenvalue weighted by Gasteiger charge is -2.31. The number of aliphatic hydroxyl groups is 1. The van der Waals surface area contributed by atoms with Gasteiger partial charge in [-0.3, -0.25) is 0 Å². The highest BCUT2D eigenvalue weighted by Gasteiger charge is 2.39. The van der Waals surface area contributed by atoms with Crippen LogP contribution < -0.4 is 4.74 Å². The molecule has 0 aliphatic heterocycles. The standard InChI is InChI=1S/C17H26O2/c1-12(2)19-14-8-5-7-13(11-14)16(18)15-9-6-10-17(15,3)4/h5,7-8,11-12,15-16,18H,6,9-10H2,1-4H3. The van der Waals surface area contributed by atoms with Crippen LogP contribution in [-0.2, 0) is 0 Å². The Kier molecular flexibility index (Phi) is 4.19. The minimum Gasteiger partial charge on any atom is -0.491 e. The Labute approximate surface area is 116 Å². The summed E-state index contributed by atoms with van der Waals surface area (Å²) in [6.07, 6.45) is 3.32. The lowest BCUT2D eigenvalue weighted by Crippen LogP contribution is -2.24. The van der Waals surface area contributed by atoms with E-state index in [2.05, 4.69) is 13.8 Å². The van der Waals surface area contributed by atoms with E-state index in [-0.39, 0.29) is 17.6 Å². The molecule has 1 fully saturated rings. The summed E-state index contributed by atoms with van der Waals surface area (Å²) in [5, 5.41) is 10.7. The molecule has 0 bridgehead atoms. The molecule has 2 atom stereocenters. The molecule has 1 N–H and O–H groups in total. The third kappa shape index (κ3) is 3.30. The van der Waals surface area contributed by atoms with Crippen LogP contribution in [0.2, 0.25) is 0 Å². The second kappa shape index (κ2) is 5.54. The fraction of sp³-hybridized carbons (Fsp3) is 0.647. The van der Waals surface area contributed by atoms with Crippen molar-refractivity contribution < 1.29 is 9.84 Å². The van der Waals surface area contributed by atoms with Crippen LogP contribution in [0.5, 0.6) is 5.75 Å². The van der Waals surface area contributed by atoms with Gasteiger partial charge in [0.05, 0.1) is 12.2 Å². The molecule has 0 heterocycles. The van der Waals surface area contributed by atoms with Crippen LogP contribution in [0.4, 0.5) is 0 Å². The molecule has 0 aromatic heterocycles. The molecule has 0 saturated heterocycles. The van der Waals surface area contributed by atoms with Gasteiger partial charge in [-0.05, 0) is 55.7 Å². The number of aliphatic hydroxyl groups excluding tert-OH is 1. The smallest absolute Gasteiger partial charge is 0.120 e. The zero-order chi connectivity index (χ0) is 14.0. The van der Waals surface area contributed by atoms with E-state index in [0.717, 1.165) is 17.7 Å². The van der Waals surface area contributed by atoms with E-state index in [4.69, 9.17) is 4.74 Å². The molecule has 2 nitrogen and oxygen atoms in total. The predicted molar refractivity (Wildman–Crippen MR) is 78.3 cm³/mol. The van der Waals surface area contributed by atoms with E-state index in [0.29, 0.717) is 5.92 Å². The molecule has 2 heteroatoms. The number of ether oxygens (including phenoxy) is 1. The maximum absolute atomic E-state index is 10.7. The van der Waals surface area contributed by atoms with Crippen molar-refractivity contribution in [3.63, 3.8) is 0 Å². The fourth-order valence-corrected chi connectivity index (χ4v) is 3.22. The van der Waals surface area contributed by atoms with E-state index in [1.54, 1.807) is 0 Å². The van der Waals surface area contributed by atoms with Gasteiger partial charge in [0.25, 0.3) is 0 Å². The molecule has 19 heavy (non-hydrogen) atoms. The molecule has 1 aliphatic rings. The van der Waals surface area contributed by atoms with Gasteiger partial charge in [-0.1, -0.05) is 32.4 Å². The first-order valence-electron chi connectivity index (χ1n) is 7.35. The largest absolute Gasteiger partial charge is 0.491 e. The van der Waals surface area contributed by atoms with Gasteiger partial charge in [0.15, 0.2) is 0 Å². The highest BCUT2D eigenvalue weighted by atomic mass is 16.5. The molecule has 1 aromatic carbocycles. The van der Waals surface area contributed by atoms with Crippen LogP contribution >= 0.6 is 0 Å². The van der Waals surface area contributed by atoms with Crippen molar-refractivity contribution in [2.45, 2.75) is 59.2 Å². The van der Waals surface area contributed by atoms with Gasteiger partial charge in [-0.25, -0.2) is 0 Å². The second-order valence-corrected chi connectivity index (χ2v) is 6.67. The second-order valence-electron chi connectivity index (χ2n) is 6.67. The highest BCUT2D eigenvalue weighted by Crippen LogP contribution is 2.48. The molecule has 0 radical (unpaired) electrons. The lowest BCUT2D eigenvalue weighted by atomic mass is 9.77. The average Bonchev–Trinajstić information content (AvgIpc) is 2.67. The molecule has 106 valence electrons. The van der Waals surface area contributed by atoms with E-state index in [1.165, 1.54) is 12.8 Å². The minimum atomic E-state index is -0.381. The minimum absolute atomic E-state index is 0.162. The summed E-state index contributed by atoms with van der Waals surface area (Å²) >= 11 is 0. The molecule has 1 aromatic rings. The van der Waals surface area contributed by atoms with Crippen molar-refractivity contribution in [2.24, 2.45) is 11.3 Å². The molecule has 2 rings (SSSR count). The van der Waals surface area contributed by atoms with Crippen LogP contribution in [0.1, 0.15) is 58.6 Å². The van der Waals surface area contributed by atoms with Crippen LogP contribution in [0.25, 0.3) is 0 Å². The van der Waals surface area contributed by atoms with E-state index in [9.17, 15) is 5.11 Å². The van der Waals surface area contributed by atoms with Gasteiger partial charge in [-0.15, -0.1) is 0 Å². The van der Waals surface area contributed by atoms with E-state index in [1.807, 2.05) is 38.1 Å². The van der Waals surface area contributed by atoms with Crippen molar-refractivity contribution in [3.8, 4) is 5.75 Å². The van der Waals surface area contributed by atoms with E-state index < -0.39 is 0 Å². The molecular weight excluding hydrogens is 236 g/mol. The van der Waals surface area contributed by atoms with Gasteiger partial charge in [-0.2, -0.15) is 0 Å². The van der Waals surface area contributed by atoms with E-state index >= 15 is 0 Å². The van der Waals surface area contributed by atoms with Crippen molar-refractivity contribution in [3.05, 3.63) is 29.8 Å². The number of hydrogen-bond donors (Lipinski definition) is 1. The summed E-state index contributed by atoms with van der Waals surface area (Å²) in [5.41, 5.74) is 1.21. The summed E-state index contributed by atoms with van der Waals surface area (Å²) in [6.45, 7) is 8.57. The van der Waals surface area contributed by atoms with Gasteiger partial charge in [0, 0.05) is 0 Å². The van der Waals surface area contributed by atoms with Crippen molar-refractivity contribution >= 4 is 0 Å². The fourth-order valence-electron chi connectivity index (χ4n) is 3.22. The SMILES string of the molecule is CC(C)Oc1cccc(C(O)C2CCCC2(C)C)c1. The van der Waals surface area contributed by atoms with Crippen LogP contribution in [0.3, 0.4) is 0 Å².